The predicted octanol–water partition coefficient (Wildman–Crippen LogP) is 2.91. The Kier molecular flexibility index (Phi) is 3.82. The van der Waals surface area contributed by atoms with Crippen molar-refractivity contribution in [3.05, 3.63) is 51.7 Å². The van der Waals surface area contributed by atoms with Crippen molar-refractivity contribution in [3.8, 4) is 0 Å². The van der Waals surface area contributed by atoms with E-state index in [1.54, 1.807) is 23.5 Å². The summed E-state index contributed by atoms with van der Waals surface area (Å²) in [5.74, 6) is -0.0515. The van der Waals surface area contributed by atoms with Gasteiger partial charge < -0.3 is 4.90 Å². The first-order valence-electron chi connectivity index (χ1n) is 7.05. The van der Waals surface area contributed by atoms with Crippen LogP contribution in [-0.4, -0.2) is 32.0 Å². The average Bonchev–Trinajstić information content (AvgIpc) is 2.96. The molecule has 0 bridgehead atoms. The molecule has 0 spiro atoms. The minimum absolute atomic E-state index is 0.0515. The van der Waals surface area contributed by atoms with Crippen LogP contribution >= 0.6 is 11.3 Å². The van der Waals surface area contributed by atoms with E-state index in [0.29, 0.717) is 12.1 Å². The van der Waals surface area contributed by atoms with Crippen LogP contribution < -0.4 is 0 Å². The lowest BCUT2D eigenvalue weighted by molar-refractivity contribution is 0.0679. The predicted molar refractivity (Wildman–Crippen MR) is 87.0 cm³/mol. The molecule has 4 nitrogen and oxygen atoms in total. The molecule has 0 aliphatic carbocycles. The smallest absolute Gasteiger partial charge is 0.254 e. The molecular weight excluding hydrogens is 318 g/mol. The number of rotatable bonds is 2. The number of fused-ring (bicyclic) bond motifs is 1. The molecule has 22 heavy (non-hydrogen) atoms. The van der Waals surface area contributed by atoms with Crippen molar-refractivity contribution in [1.29, 1.82) is 0 Å². The van der Waals surface area contributed by atoms with Gasteiger partial charge in [0.25, 0.3) is 5.91 Å². The van der Waals surface area contributed by atoms with Crippen molar-refractivity contribution in [3.63, 3.8) is 0 Å². The molecule has 1 aliphatic heterocycles. The van der Waals surface area contributed by atoms with Crippen LogP contribution in [0.4, 0.5) is 0 Å². The van der Waals surface area contributed by atoms with E-state index < -0.39 is 9.84 Å². The highest BCUT2D eigenvalue weighted by molar-refractivity contribution is 7.90. The maximum atomic E-state index is 12.7. The monoisotopic (exact) mass is 335 g/mol. The fraction of sp³-hybridized carbons (Fsp3) is 0.312. The Balaban J connectivity index is 1.86. The Hall–Kier alpha value is -1.66. The molecule has 0 fully saturated rings. The Morgan fingerprint density at radius 1 is 1.23 bits per heavy atom. The van der Waals surface area contributed by atoms with Gasteiger partial charge in [-0.1, -0.05) is 0 Å². The number of nitrogens with zero attached hydrogens (tertiary/aromatic N) is 1. The SMILES string of the molecule is C[C@@H]1c2ccsc2CCN1C(=O)c1ccc(S(C)(=O)=O)cc1. The quantitative estimate of drug-likeness (QED) is 0.848. The molecule has 116 valence electrons. The van der Waals surface area contributed by atoms with Gasteiger partial charge >= 0.3 is 0 Å². The van der Waals surface area contributed by atoms with Gasteiger partial charge in [0, 0.05) is 23.2 Å². The first kappa shape index (κ1) is 15.2. The molecule has 0 saturated carbocycles. The molecule has 0 saturated heterocycles. The van der Waals surface area contributed by atoms with Gasteiger partial charge in [-0.3, -0.25) is 4.79 Å². The van der Waals surface area contributed by atoms with Gasteiger partial charge in [-0.15, -0.1) is 11.3 Å². The summed E-state index contributed by atoms with van der Waals surface area (Å²) in [6.45, 7) is 2.73. The Morgan fingerprint density at radius 2 is 1.91 bits per heavy atom. The molecule has 2 aromatic rings. The first-order chi connectivity index (χ1) is 10.4. The minimum atomic E-state index is -3.24. The van der Waals surface area contributed by atoms with Gasteiger partial charge in [-0.05, 0) is 54.6 Å². The van der Waals surface area contributed by atoms with Crippen molar-refractivity contribution in [2.75, 3.05) is 12.8 Å². The second kappa shape index (κ2) is 5.52. The summed E-state index contributed by atoms with van der Waals surface area (Å²) in [5.41, 5.74) is 1.75. The van der Waals surface area contributed by atoms with Crippen LogP contribution in [0.5, 0.6) is 0 Å². The molecule has 3 rings (SSSR count). The lowest BCUT2D eigenvalue weighted by Gasteiger charge is -2.33. The normalized spacial score (nSPS) is 18.1. The maximum Gasteiger partial charge on any atom is 0.254 e. The molecule has 1 aromatic heterocycles. The van der Waals surface area contributed by atoms with Gasteiger partial charge in [0.1, 0.15) is 0 Å². The highest BCUT2D eigenvalue weighted by atomic mass is 32.2. The summed E-state index contributed by atoms with van der Waals surface area (Å²) in [6.07, 6.45) is 2.04. The topological polar surface area (TPSA) is 54.5 Å². The lowest BCUT2D eigenvalue weighted by Crippen LogP contribution is -2.38. The number of hydrogen-bond donors (Lipinski definition) is 0. The summed E-state index contributed by atoms with van der Waals surface area (Å²) in [7, 11) is -3.24. The average molecular weight is 335 g/mol. The van der Waals surface area contributed by atoms with Crippen molar-refractivity contribution in [1.82, 2.24) is 4.90 Å². The largest absolute Gasteiger partial charge is 0.331 e. The van der Waals surface area contributed by atoms with Crippen LogP contribution in [0.1, 0.15) is 33.8 Å². The van der Waals surface area contributed by atoms with Crippen LogP contribution in [0.15, 0.2) is 40.6 Å². The van der Waals surface area contributed by atoms with Crippen molar-refractivity contribution in [2.45, 2.75) is 24.3 Å². The van der Waals surface area contributed by atoms with Crippen LogP contribution in [0, 0.1) is 0 Å². The second-order valence-electron chi connectivity index (χ2n) is 5.52. The van der Waals surface area contributed by atoms with E-state index in [0.717, 1.165) is 12.7 Å². The van der Waals surface area contributed by atoms with E-state index in [2.05, 4.69) is 11.4 Å². The summed E-state index contributed by atoms with van der Waals surface area (Å²) in [6, 6.07) is 8.30. The Labute approximate surface area is 134 Å². The van der Waals surface area contributed by atoms with E-state index in [-0.39, 0.29) is 16.8 Å². The van der Waals surface area contributed by atoms with Gasteiger partial charge in [-0.25, -0.2) is 8.42 Å². The molecular formula is C16H17NO3S2. The molecule has 6 heteroatoms. The molecule has 0 N–H and O–H groups in total. The van der Waals surface area contributed by atoms with Crippen molar-refractivity contribution >= 4 is 27.1 Å². The Morgan fingerprint density at radius 3 is 2.55 bits per heavy atom. The third-order valence-electron chi connectivity index (χ3n) is 4.07. The maximum absolute atomic E-state index is 12.7. The highest BCUT2D eigenvalue weighted by Gasteiger charge is 2.28. The summed E-state index contributed by atoms with van der Waals surface area (Å²) >= 11 is 1.74. The highest BCUT2D eigenvalue weighted by Crippen LogP contribution is 2.33. The zero-order valence-electron chi connectivity index (χ0n) is 12.4. The summed E-state index contributed by atoms with van der Waals surface area (Å²) in [5, 5.41) is 2.07. The van der Waals surface area contributed by atoms with Crippen molar-refractivity contribution in [2.24, 2.45) is 0 Å². The van der Waals surface area contributed by atoms with Gasteiger partial charge in [0.05, 0.1) is 10.9 Å². The number of sulfone groups is 1. The van der Waals surface area contributed by atoms with E-state index in [1.165, 1.54) is 22.6 Å². The lowest BCUT2D eigenvalue weighted by atomic mass is 10.0. The van der Waals surface area contributed by atoms with Crippen LogP contribution in [0.2, 0.25) is 0 Å². The van der Waals surface area contributed by atoms with Gasteiger partial charge in [0.2, 0.25) is 0 Å². The molecule has 2 heterocycles. The van der Waals surface area contributed by atoms with Crippen LogP contribution in [0.3, 0.4) is 0 Å². The number of carbonyl (C=O) groups excluding carboxylic acids is 1. The summed E-state index contributed by atoms with van der Waals surface area (Å²) in [4.78, 5) is 16.1. The number of amides is 1. The standard InChI is InChI=1S/C16H17NO3S2/c1-11-14-8-10-21-15(14)7-9-17(11)16(18)12-3-5-13(6-4-12)22(2,19)20/h3-6,8,10-11H,7,9H2,1-2H3/t11-/m1/s1. The summed E-state index contributed by atoms with van der Waals surface area (Å²) < 4.78 is 23.0. The number of hydrogen-bond acceptors (Lipinski definition) is 4. The van der Waals surface area contributed by atoms with E-state index in [4.69, 9.17) is 0 Å². The second-order valence-corrected chi connectivity index (χ2v) is 8.54. The fourth-order valence-corrected chi connectivity index (χ4v) is 4.39. The molecule has 0 unspecified atom stereocenters. The molecule has 0 radical (unpaired) electrons. The van der Waals surface area contributed by atoms with E-state index >= 15 is 0 Å². The number of benzene rings is 1. The third kappa shape index (κ3) is 2.68. The van der Waals surface area contributed by atoms with E-state index in [9.17, 15) is 13.2 Å². The zero-order valence-corrected chi connectivity index (χ0v) is 14.1. The molecule has 1 aliphatic rings. The van der Waals surface area contributed by atoms with Crippen LogP contribution in [-0.2, 0) is 16.3 Å². The number of carbonyl (C=O) groups is 1. The van der Waals surface area contributed by atoms with Gasteiger partial charge in [0.15, 0.2) is 9.84 Å². The third-order valence-corrected chi connectivity index (χ3v) is 6.19. The molecule has 1 amide bonds. The Bertz CT molecular complexity index is 806. The minimum Gasteiger partial charge on any atom is -0.331 e. The van der Waals surface area contributed by atoms with Crippen molar-refractivity contribution < 1.29 is 13.2 Å². The first-order valence-corrected chi connectivity index (χ1v) is 9.82. The zero-order chi connectivity index (χ0) is 15.9. The molecule has 1 aromatic carbocycles. The van der Waals surface area contributed by atoms with Crippen LogP contribution in [0.25, 0.3) is 0 Å². The van der Waals surface area contributed by atoms with Gasteiger partial charge in [-0.2, -0.15) is 0 Å². The fourth-order valence-electron chi connectivity index (χ4n) is 2.80. The molecule has 1 atom stereocenters. The van der Waals surface area contributed by atoms with E-state index in [1.807, 2.05) is 11.8 Å². The number of thiophene rings is 1.